The van der Waals surface area contributed by atoms with Crippen molar-refractivity contribution in [3.8, 4) is 0 Å². The van der Waals surface area contributed by atoms with Crippen LogP contribution in [0.3, 0.4) is 0 Å². The zero-order valence-electron chi connectivity index (χ0n) is 10.9. The first-order valence-corrected chi connectivity index (χ1v) is 8.44. The Morgan fingerprint density at radius 2 is 1.95 bits per heavy atom. The molecule has 2 saturated carbocycles. The zero-order chi connectivity index (χ0) is 13.3. The third kappa shape index (κ3) is 3.78. The summed E-state index contributed by atoms with van der Waals surface area (Å²) in [5, 5.41) is 3.40. The minimum atomic E-state index is -3.34. The minimum Gasteiger partial charge on any atom is -0.310 e. The van der Waals surface area contributed by atoms with Crippen LogP contribution in [0.5, 0.6) is 0 Å². The van der Waals surface area contributed by atoms with Crippen molar-refractivity contribution >= 4 is 10.0 Å². The topological polar surface area (TPSA) is 58.2 Å². The van der Waals surface area contributed by atoms with Crippen molar-refractivity contribution in [2.24, 2.45) is 5.92 Å². The van der Waals surface area contributed by atoms with Gasteiger partial charge in [0, 0.05) is 19.1 Å². The van der Waals surface area contributed by atoms with Crippen LogP contribution in [0.2, 0.25) is 0 Å². The molecule has 0 atom stereocenters. The van der Waals surface area contributed by atoms with Gasteiger partial charge in [-0.15, -0.1) is 0 Å². The number of sulfonamides is 1. The normalized spacial score (nSPS) is 19.6. The van der Waals surface area contributed by atoms with E-state index in [0.717, 1.165) is 24.9 Å². The molecule has 1 aromatic rings. The van der Waals surface area contributed by atoms with Gasteiger partial charge >= 0.3 is 0 Å². The van der Waals surface area contributed by atoms with Gasteiger partial charge in [0.2, 0.25) is 10.0 Å². The maximum Gasteiger partial charge on any atom is 0.240 e. The molecule has 2 fully saturated rings. The Hall–Kier alpha value is -0.910. The molecule has 104 valence electrons. The molecule has 3 rings (SSSR count). The summed E-state index contributed by atoms with van der Waals surface area (Å²) in [6, 6.07) is 7.85. The van der Waals surface area contributed by atoms with E-state index in [1.165, 1.54) is 12.8 Å². The van der Waals surface area contributed by atoms with Gasteiger partial charge in [-0.25, -0.2) is 13.1 Å². The van der Waals surface area contributed by atoms with Gasteiger partial charge in [0.1, 0.15) is 0 Å². The molecule has 2 N–H and O–H groups in total. The fourth-order valence-corrected chi connectivity index (χ4v) is 3.19. The molecule has 2 aliphatic rings. The van der Waals surface area contributed by atoms with E-state index in [-0.39, 0.29) is 0 Å². The van der Waals surface area contributed by atoms with E-state index >= 15 is 0 Å². The molecular weight excluding hydrogens is 260 g/mol. The Labute approximate surface area is 114 Å². The molecule has 5 heteroatoms. The van der Waals surface area contributed by atoms with Crippen molar-refractivity contribution in [1.82, 2.24) is 10.0 Å². The standard InChI is InChI=1S/C14H20N2O2S/c17-19(18,16-10-11-4-5-11)14-3-1-2-12(8-14)9-15-13-6-7-13/h1-3,8,11,13,15-16H,4-7,9-10H2. The summed E-state index contributed by atoms with van der Waals surface area (Å²) >= 11 is 0. The van der Waals surface area contributed by atoms with Gasteiger partial charge in [0.05, 0.1) is 4.90 Å². The summed E-state index contributed by atoms with van der Waals surface area (Å²) in [4.78, 5) is 0.378. The number of hydrogen-bond acceptors (Lipinski definition) is 3. The van der Waals surface area contributed by atoms with Crippen molar-refractivity contribution in [2.75, 3.05) is 6.54 Å². The zero-order valence-corrected chi connectivity index (χ0v) is 11.7. The molecule has 19 heavy (non-hydrogen) atoms. The van der Waals surface area contributed by atoms with Crippen LogP contribution in [-0.4, -0.2) is 21.0 Å². The van der Waals surface area contributed by atoms with Crippen LogP contribution >= 0.6 is 0 Å². The van der Waals surface area contributed by atoms with Crippen LogP contribution in [0.25, 0.3) is 0 Å². The highest BCUT2D eigenvalue weighted by Gasteiger charge is 2.24. The second-order valence-electron chi connectivity index (χ2n) is 5.60. The highest BCUT2D eigenvalue weighted by Crippen LogP contribution is 2.28. The highest BCUT2D eigenvalue weighted by atomic mass is 32.2. The fraction of sp³-hybridized carbons (Fsp3) is 0.571. The maximum absolute atomic E-state index is 12.1. The Balaban J connectivity index is 1.65. The summed E-state index contributed by atoms with van der Waals surface area (Å²) in [5.41, 5.74) is 1.03. The van der Waals surface area contributed by atoms with Gasteiger partial charge in [-0.3, -0.25) is 0 Å². The molecule has 0 aromatic heterocycles. The van der Waals surface area contributed by atoms with Crippen molar-refractivity contribution in [2.45, 2.75) is 43.2 Å². The van der Waals surface area contributed by atoms with Crippen LogP contribution in [0.1, 0.15) is 31.2 Å². The average molecular weight is 280 g/mol. The molecule has 1 aromatic carbocycles. The maximum atomic E-state index is 12.1. The van der Waals surface area contributed by atoms with Crippen LogP contribution in [0.15, 0.2) is 29.2 Å². The number of benzene rings is 1. The van der Waals surface area contributed by atoms with E-state index in [0.29, 0.717) is 23.4 Å². The van der Waals surface area contributed by atoms with Crippen molar-refractivity contribution in [1.29, 1.82) is 0 Å². The molecular formula is C14H20N2O2S. The van der Waals surface area contributed by atoms with Gasteiger partial charge in [-0.2, -0.15) is 0 Å². The van der Waals surface area contributed by atoms with Crippen LogP contribution < -0.4 is 10.0 Å². The predicted octanol–water partition coefficient (Wildman–Crippen LogP) is 1.63. The Kier molecular flexibility index (Phi) is 3.60. The van der Waals surface area contributed by atoms with Gasteiger partial charge in [-0.05, 0) is 49.3 Å². The lowest BCUT2D eigenvalue weighted by atomic mass is 10.2. The minimum absolute atomic E-state index is 0.378. The highest BCUT2D eigenvalue weighted by molar-refractivity contribution is 7.89. The van der Waals surface area contributed by atoms with Crippen LogP contribution in [0.4, 0.5) is 0 Å². The molecule has 4 nitrogen and oxygen atoms in total. The lowest BCUT2D eigenvalue weighted by Crippen LogP contribution is -2.26. The van der Waals surface area contributed by atoms with Gasteiger partial charge in [0.15, 0.2) is 0 Å². The molecule has 0 amide bonds. The van der Waals surface area contributed by atoms with Gasteiger partial charge in [-0.1, -0.05) is 12.1 Å². The number of hydrogen-bond donors (Lipinski definition) is 2. The third-order valence-electron chi connectivity index (χ3n) is 3.64. The molecule has 0 saturated heterocycles. The Morgan fingerprint density at radius 1 is 1.16 bits per heavy atom. The first-order chi connectivity index (χ1) is 9.13. The summed E-state index contributed by atoms with van der Waals surface area (Å²) in [7, 11) is -3.34. The smallest absolute Gasteiger partial charge is 0.240 e. The molecule has 0 unspecified atom stereocenters. The van der Waals surface area contributed by atoms with Crippen LogP contribution in [0, 0.1) is 5.92 Å². The summed E-state index contributed by atoms with van der Waals surface area (Å²) < 4.78 is 27.0. The predicted molar refractivity (Wildman–Crippen MR) is 74.2 cm³/mol. The van der Waals surface area contributed by atoms with Crippen molar-refractivity contribution in [3.05, 3.63) is 29.8 Å². The second kappa shape index (κ2) is 5.23. The number of nitrogens with one attached hydrogen (secondary N) is 2. The first-order valence-electron chi connectivity index (χ1n) is 6.95. The summed E-state index contributed by atoms with van der Waals surface area (Å²) in [6.07, 6.45) is 4.77. The van der Waals surface area contributed by atoms with E-state index in [1.807, 2.05) is 12.1 Å². The van der Waals surface area contributed by atoms with Crippen molar-refractivity contribution < 1.29 is 8.42 Å². The third-order valence-corrected chi connectivity index (χ3v) is 5.06. The Bertz CT molecular complexity index is 548. The summed E-state index contributed by atoms with van der Waals surface area (Å²) in [6.45, 7) is 1.32. The second-order valence-corrected chi connectivity index (χ2v) is 7.36. The monoisotopic (exact) mass is 280 g/mol. The lowest BCUT2D eigenvalue weighted by molar-refractivity contribution is 0.577. The largest absolute Gasteiger partial charge is 0.310 e. The van der Waals surface area contributed by atoms with E-state index in [1.54, 1.807) is 12.1 Å². The quantitative estimate of drug-likeness (QED) is 0.798. The molecule has 0 bridgehead atoms. The Morgan fingerprint density at radius 3 is 2.63 bits per heavy atom. The van der Waals surface area contributed by atoms with Crippen LogP contribution in [-0.2, 0) is 16.6 Å². The van der Waals surface area contributed by atoms with Gasteiger partial charge < -0.3 is 5.32 Å². The van der Waals surface area contributed by atoms with E-state index in [4.69, 9.17) is 0 Å². The molecule has 0 radical (unpaired) electrons. The van der Waals surface area contributed by atoms with E-state index in [2.05, 4.69) is 10.0 Å². The lowest BCUT2D eigenvalue weighted by Gasteiger charge is -2.08. The SMILES string of the molecule is O=S(=O)(NCC1CC1)c1cccc(CNC2CC2)c1. The molecule has 2 aliphatic carbocycles. The van der Waals surface area contributed by atoms with Crippen molar-refractivity contribution in [3.63, 3.8) is 0 Å². The fourth-order valence-electron chi connectivity index (χ4n) is 2.01. The first kappa shape index (κ1) is 13.1. The molecule has 0 spiro atoms. The molecule has 0 heterocycles. The average Bonchev–Trinajstić information content (AvgIpc) is 3.29. The van der Waals surface area contributed by atoms with E-state index in [9.17, 15) is 8.42 Å². The summed E-state index contributed by atoms with van der Waals surface area (Å²) in [5.74, 6) is 0.550. The number of rotatable bonds is 7. The molecule has 0 aliphatic heterocycles. The van der Waals surface area contributed by atoms with E-state index < -0.39 is 10.0 Å². The van der Waals surface area contributed by atoms with Gasteiger partial charge in [0.25, 0.3) is 0 Å².